The number of carbonyl (C=O) groups excluding carboxylic acids is 1. The van der Waals surface area contributed by atoms with Gasteiger partial charge in [0.15, 0.2) is 0 Å². The van der Waals surface area contributed by atoms with Crippen LogP contribution in [0.3, 0.4) is 0 Å². The molecule has 104 valence electrons. The van der Waals surface area contributed by atoms with Crippen LogP contribution in [0.4, 0.5) is 4.79 Å². The van der Waals surface area contributed by atoms with Gasteiger partial charge in [-0.15, -0.1) is 0 Å². The van der Waals surface area contributed by atoms with Crippen LogP contribution in [0, 0.1) is 0 Å². The summed E-state index contributed by atoms with van der Waals surface area (Å²) in [6, 6.07) is -0.266. The highest BCUT2D eigenvalue weighted by Gasteiger charge is 2.30. The molecule has 0 unspecified atom stereocenters. The second-order valence-electron chi connectivity index (χ2n) is 5.30. The molecule has 1 aliphatic rings. The van der Waals surface area contributed by atoms with E-state index in [9.17, 15) is 13.2 Å². The molecule has 1 fully saturated rings. The molecule has 7 heteroatoms. The second kappa shape index (κ2) is 5.27. The van der Waals surface area contributed by atoms with E-state index in [2.05, 4.69) is 0 Å². The Morgan fingerprint density at radius 3 is 2.56 bits per heavy atom. The van der Waals surface area contributed by atoms with Crippen LogP contribution in [0.5, 0.6) is 0 Å². The molecular weight excluding hydrogens is 256 g/mol. The first-order valence-electron chi connectivity index (χ1n) is 5.79. The number of amides is 1. The maximum atomic E-state index is 11.9. The molecule has 18 heavy (non-hydrogen) atoms. The van der Waals surface area contributed by atoms with Gasteiger partial charge in [-0.3, -0.25) is 0 Å². The minimum atomic E-state index is -3.66. The molecular formula is C11H20N2O4S. The number of ether oxygens (including phenoxy) is 1. The van der Waals surface area contributed by atoms with Crippen molar-refractivity contribution in [2.24, 2.45) is 5.14 Å². The molecule has 0 saturated carbocycles. The third-order valence-corrected chi connectivity index (χ3v) is 2.95. The maximum Gasteiger partial charge on any atom is 0.410 e. The van der Waals surface area contributed by atoms with Crippen molar-refractivity contribution in [3.05, 3.63) is 11.5 Å². The average Bonchev–Trinajstić information content (AvgIpc) is 2.58. The Balaban J connectivity index is 2.71. The quantitative estimate of drug-likeness (QED) is 0.820. The highest BCUT2D eigenvalue weighted by molar-refractivity contribution is 7.92. The predicted octanol–water partition coefficient (Wildman–Crippen LogP) is 1.19. The third kappa shape index (κ3) is 5.05. The van der Waals surface area contributed by atoms with Gasteiger partial charge in [-0.05, 0) is 39.7 Å². The van der Waals surface area contributed by atoms with E-state index in [1.807, 2.05) is 0 Å². The minimum absolute atomic E-state index is 0.266. The lowest BCUT2D eigenvalue weighted by molar-refractivity contribution is 0.0256. The van der Waals surface area contributed by atoms with Crippen LogP contribution in [0.2, 0.25) is 0 Å². The zero-order valence-electron chi connectivity index (χ0n) is 10.9. The second-order valence-corrected chi connectivity index (χ2v) is 6.75. The van der Waals surface area contributed by atoms with Gasteiger partial charge in [0.2, 0.25) is 10.0 Å². The van der Waals surface area contributed by atoms with Crippen molar-refractivity contribution in [3.63, 3.8) is 0 Å². The van der Waals surface area contributed by atoms with Crippen LogP contribution < -0.4 is 5.14 Å². The topological polar surface area (TPSA) is 89.7 Å². The van der Waals surface area contributed by atoms with Crippen LogP contribution in [0.1, 0.15) is 33.6 Å². The number of hydrogen-bond acceptors (Lipinski definition) is 4. The predicted molar refractivity (Wildman–Crippen MR) is 68.2 cm³/mol. The van der Waals surface area contributed by atoms with Gasteiger partial charge in [-0.2, -0.15) is 0 Å². The summed E-state index contributed by atoms with van der Waals surface area (Å²) in [4.78, 5) is 13.4. The minimum Gasteiger partial charge on any atom is -0.444 e. The van der Waals surface area contributed by atoms with E-state index < -0.39 is 21.7 Å². The number of rotatable bonds is 2. The summed E-state index contributed by atoms with van der Waals surface area (Å²) >= 11 is 0. The molecule has 1 heterocycles. The van der Waals surface area contributed by atoms with Gasteiger partial charge in [-0.1, -0.05) is 0 Å². The van der Waals surface area contributed by atoms with Crippen LogP contribution in [0.15, 0.2) is 11.5 Å². The first kappa shape index (κ1) is 15.0. The molecule has 1 aliphatic heterocycles. The first-order chi connectivity index (χ1) is 8.08. The molecule has 1 amide bonds. The van der Waals surface area contributed by atoms with Crippen LogP contribution in [-0.4, -0.2) is 37.6 Å². The van der Waals surface area contributed by atoms with Gasteiger partial charge >= 0.3 is 6.09 Å². The van der Waals surface area contributed by atoms with Gasteiger partial charge in [0.25, 0.3) is 0 Å². The lowest BCUT2D eigenvalue weighted by Gasteiger charge is -2.27. The van der Waals surface area contributed by atoms with Gasteiger partial charge in [0.05, 0.1) is 6.04 Å². The summed E-state index contributed by atoms with van der Waals surface area (Å²) in [5.41, 5.74) is -0.562. The van der Waals surface area contributed by atoms with E-state index in [0.29, 0.717) is 13.0 Å². The zero-order chi connectivity index (χ0) is 14.0. The van der Waals surface area contributed by atoms with E-state index in [1.54, 1.807) is 20.8 Å². The zero-order valence-corrected chi connectivity index (χ0v) is 11.7. The largest absolute Gasteiger partial charge is 0.444 e. The molecule has 0 aliphatic carbocycles. The smallest absolute Gasteiger partial charge is 0.410 e. The Morgan fingerprint density at radius 2 is 2.06 bits per heavy atom. The summed E-state index contributed by atoms with van der Waals surface area (Å²) in [5, 5.41) is 5.82. The molecule has 0 aromatic heterocycles. The van der Waals surface area contributed by atoms with Crippen molar-refractivity contribution in [2.75, 3.05) is 6.54 Å². The van der Waals surface area contributed by atoms with Crippen molar-refractivity contribution in [2.45, 2.75) is 45.3 Å². The number of carbonyl (C=O) groups is 1. The number of likely N-dealkylation sites (tertiary alicyclic amines) is 1. The monoisotopic (exact) mass is 276 g/mol. The highest BCUT2D eigenvalue weighted by atomic mass is 32.2. The van der Waals surface area contributed by atoms with E-state index >= 15 is 0 Å². The maximum absolute atomic E-state index is 11.9. The summed E-state index contributed by atoms with van der Waals surface area (Å²) in [6.07, 6.45) is 2.54. The number of nitrogens with two attached hydrogens (primary N) is 1. The summed E-state index contributed by atoms with van der Waals surface area (Å²) in [7, 11) is -3.66. The summed E-state index contributed by atoms with van der Waals surface area (Å²) in [6.45, 7) is 5.93. The van der Waals surface area contributed by atoms with Gasteiger partial charge in [0.1, 0.15) is 5.60 Å². The Labute approximate surface area is 108 Å². The highest BCUT2D eigenvalue weighted by Crippen LogP contribution is 2.21. The number of nitrogens with zero attached hydrogens (tertiary/aromatic N) is 1. The molecule has 0 bridgehead atoms. The molecule has 6 nitrogen and oxygen atoms in total. The van der Waals surface area contributed by atoms with Crippen molar-refractivity contribution < 1.29 is 17.9 Å². The van der Waals surface area contributed by atoms with Crippen LogP contribution in [-0.2, 0) is 14.8 Å². The molecule has 1 saturated heterocycles. The SMILES string of the molecule is CC(C)(C)OC(=O)N1CCC[C@@H]1/C=C\S(N)(=O)=O. The van der Waals surface area contributed by atoms with Gasteiger partial charge < -0.3 is 9.64 Å². The average molecular weight is 276 g/mol. The first-order valence-corrected chi connectivity index (χ1v) is 7.40. The van der Waals surface area contributed by atoms with Crippen LogP contribution in [0.25, 0.3) is 0 Å². The van der Waals surface area contributed by atoms with Crippen molar-refractivity contribution in [1.29, 1.82) is 0 Å². The van der Waals surface area contributed by atoms with E-state index in [1.165, 1.54) is 11.0 Å². The Bertz CT molecular complexity index is 436. The lowest BCUT2D eigenvalue weighted by atomic mass is 10.2. The number of hydrogen-bond donors (Lipinski definition) is 1. The van der Waals surface area contributed by atoms with Crippen molar-refractivity contribution >= 4 is 16.1 Å². The molecule has 0 radical (unpaired) electrons. The Morgan fingerprint density at radius 1 is 1.44 bits per heavy atom. The third-order valence-electron chi connectivity index (χ3n) is 2.42. The summed E-state index contributed by atoms with van der Waals surface area (Å²) in [5.74, 6) is 0. The van der Waals surface area contributed by atoms with E-state index in [-0.39, 0.29) is 6.04 Å². The molecule has 0 aromatic rings. The molecule has 2 N–H and O–H groups in total. The molecule has 0 aromatic carbocycles. The molecule has 1 atom stereocenters. The van der Waals surface area contributed by atoms with E-state index in [0.717, 1.165) is 11.8 Å². The molecule has 0 spiro atoms. The number of sulfonamides is 1. The lowest BCUT2D eigenvalue weighted by Crippen LogP contribution is -2.39. The van der Waals surface area contributed by atoms with Crippen molar-refractivity contribution in [3.8, 4) is 0 Å². The Kier molecular flexibility index (Phi) is 4.39. The number of primary sulfonamides is 1. The Hall–Kier alpha value is -1.08. The fourth-order valence-corrected chi connectivity index (χ4v) is 2.14. The molecule has 1 rings (SSSR count). The van der Waals surface area contributed by atoms with Gasteiger partial charge in [-0.25, -0.2) is 18.4 Å². The van der Waals surface area contributed by atoms with Crippen LogP contribution >= 0.6 is 0 Å². The fraction of sp³-hybridized carbons (Fsp3) is 0.727. The fourth-order valence-electron chi connectivity index (χ4n) is 1.74. The summed E-state index contributed by atoms with van der Waals surface area (Å²) < 4.78 is 27.0. The van der Waals surface area contributed by atoms with Crippen molar-refractivity contribution in [1.82, 2.24) is 4.90 Å². The normalized spacial score (nSPS) is 21.6. The van der Waals surface area contributed by atoms with Gasteiger partial charge in [0, 0.05) is 12.0 Å². The standard InChI is InChI=1S/C11H20N2O4S/c1-11(2,3)17-10(14)13-7-4-5-9(13)6-8-18(12,15)16/h6,8-9H,4-5,7H2,1-3H3,(H2,12,15,16)/b8-6-/t9-/m1/s1. The van der Waals surface area contributed by atoms with E-state index in [4.69, 9.17) is 9.88 Å².